The lowest BCUT2D eigenvalue weighted by molar-refractivity contribution is -0.154. The van der Waals surface area contributed by atoms with Crippen molar-refractivity contribution in [2.75, 3.05) is 26.3 Å². The lowest BCUT2D eigenvalue weighted by atomic mass is 9.74. The molecule has 5 heterocycles. The van der Waals surface area contributed by atoms with Crippen LogP contribution >= 0.6 is 11.8 Å². The van der Waals surface area contributed by atoms with E-state index < -0.39 is 27.4 Å². The normalized spacial score (nSPS) is 31.6. The van der Waals surface area contributed by atoms with E-state index in [4.69, 9.17) is 9.84 Å². The predicted octanol–water partition coefficient (Wildman–Crippen LogP) is 2.53. The largest absolute Gasteiger partial charge is 0.465 e. The molecule has 212 valence electrons. The van der Waals surface area contributed by atoms with Crippen LogP contribution < -0.4 is 0 Å². The van der Waals surface area contributed by atoms with Gasteiger partial charge in [-0.05, 0) is 38.3 Å². The molecule has 0 aliphatic carbocycles. The summed E-state index contributed by atoms with van der Waals surface area (Å²) in [5, 5.41) is 17.7. The molecular weight excluding hydrogens is 530 g/mol. The van der Waals surface area contributed by atoms with Crippen LogP contribution in [0.1, 0.15) is 39.0 Å². The molecule has 11 heteroatoms. The number of aliphatic hydroxyl groups excluding tert-OH is 1. The highest BCUT2D eigenvalue weighted by molar-refractivity contribution is 8.02. The van der Waals surface area contributed by atoms with Gasteiger partial charge in [-0.2, -0.15) is 0 Å². The van der Waals surface area contributed by atoms with Crippen molar-refractivity contribution in [3.8, 4) is 0 Å². The van der Waals surface area contributed by atoms with Crippen molar-refractivity contribution < 1.29 is 24.2 Å². The Kier molecular flexibility index (Phi) is 7.20. The second-order valence-electron chi connectivity index (χ2n) is 11.2. The first-order chi connectivity index (χ1) is 19.4. The minimum atomic E-state index is -0.897. The number of benzene rings is 1. The first-order valence-corrected chi connectivity index (χ1v) is 14.9. The molecule has 1 aromatic heterocycles. The number of ether oxygens (including phenoxy) is 1. The van der Waals surface area contributed by atoms with Crippen molar-refractivity contribution in [2.45, 2.75) is 61.2 Å². The smallest absolute Gasteiger partial charge is 0.311 e. The van der Waals surface area contributed by atoms with Gasteiger partial charge >= 0.3 is 5.97 Å². The topological polar surface area (TPSA) is 118 Å². The fourth-order valence-corrected chi connectivity index (χ4v) is 8.99. The number of aliphatic hydroxyl groups is 1. The van der Waals surface area contributed by atoms with E-state index in [0.29, 0.717) is 32.4 Å². The number of hydrogen-bond acceptors (Lipinski definition) is 8. The van der Waals surface area contributed by atoms with E-state index in [9.17, 15) is 14.4 Å². The third kappa shape index (κ3) is 4.34. The Bertz CT molecular complexity index is 1380. The average Bonchev–Trinajstić information content (AvgIpc) is 3.49. The van der Waals surface area contributed by atoms with Gasteiger partial charge in [0.15, 0.2) is 0 Å². The number of thioether (sulfide) groups is 1. The van der Waals surface area contributed by atoms with Crippen molar-refractivity contribution in [1.29, 1.82) is 0 Å². The third-order valence-corrected chi connectivity index (χ3v) is 10.4. The summed E-state index contributed by atoms with van der Waals surface area (Å²) >= 11 is 1.56. The van der Waals surface area contributed by atoms with Crippen molar-refractivity contribution >= 4 is 40.6 Å². The Labute approximate surface area is 237 Å². The first kappa shape index (κ1) is 27.0. The van der Waals surface area contributed by atoms with E-state index in [-0.39, 0.29) is 37.7 Å². The van der Waals surface area contributed by atoms with Crippen molar-refractivity contribution in [3.05, 3.63) is 48.6 Å². The number of cyclic esters (lactones) is 1. The van der Waals surface area contributed by atoms with Crippen LogP contribution in [0.25, 0.3) is 11.0 Å². The molecule has 2 saturated heterocycles. The molecule has 0 saturated carbocycles. The molecule has 4 aliphatic rings. The first-order valence-electron chi connectivity index (χ1n) is 14.1. The summed E-state index contributed by atoms with van der Waals surface area (Å²) in [6.07, 6.45) is 11.8. The zero-order valence-corrected chi connectivity index (χ0v) is 23.5. The number of likely N-dealkylation sites (tertiary alicyclic amines) is 1. The predicted molar refractivity (Wildman–Crippen MR) is 150 cm³/mol. The Morgan fingerprint density at radius 1 is 1.05 bits per heavy atom. The SMILES string of the molecule is C[C@]12C=CCCOC(=O)[C@H]1[C@H]1C(=O)N(CCCCCCO)C3C(=O)N(Cn4nnc5ccccc54)CC=C[C@@]31S2. The second kappa shape index (κ2) is 10.7. The van der Waals surface area contributed by atoms with Crippen LogP contribution in [0.2, 0.25) is 0 Å². The van der Waals surface area contributed by atoms with E-state index in [1.54, 1.807) is 26.2 Å². The summed E-state index contributed by atoms with van der Waals surface area (Å²) in [7, 11) is 0. The fraction of sp³-hybridized carbons (Fsp3) is 0.552. The number of hydrogen-bond donors (Lipinski definition) is 1. The molecule has 2 amide bonds. The van der Waals surface area contributed by atoms with Gasteiger partial charge < -0.3 is 19.6 Å². The molecule has 10 nitrogen and oxygen atoms in total. The minimum Gasteiger partial charge on any atom is -0.465 e. The number of para-hydroxylation sites is 1. The minimum absolute atomic E-state index is 0.137. The van der Waals surface area contributed by atoms with Gasteiger partial charge in [-0.15, -0.1) is 16.9 Å². The lowest BCUT2D eigenvalue weighted by Crippen LogP contribution is -2.53. The van der Waals surface area contributed by atoms with Gasteiger partial charge in [0.05, 0.1) is 28.7 Å². The van der Waals surface area contributed by atoms with Crippen LogP contribution in [-0.2, 0) is 25.8 Å². The molecule has 40 heavy (non-hydrogen) atoms. The zero-order chi connectivity index (χ0) is 27.9. The van der Waals surface area contributed by atoms with Gasteiger partial charge in [-0.3, -0.25) is 14.4 Å². The Balaban J connectivity index is 1.37. The molecule has 0 radical (unpaired) electrons. The van der Waals surface area contributed by atoms with E-state index in [2.05, 4.69) is 10.3 Å². The van der Waals surface area contributed by atoms with Gasteiger partial charge in [0.1, 0.15) is 18.2 Å². The maximum Gasteiger partial charge on any atom is 0.311 e. The van der Waals surface area contributed by atoms with Crippen LogP contribution in [0.5, 0.6) is 0 Å². The Morgan fingerprint density at radius 3 is 2.73 bits per heavy atom. The number of aromatic nitrogens is 3. The number of amides is 2. The highest BCUT2D eigenvalue weighted by Crippen LogP contribution is 2.65. The number of esters is 1. The Morgan fingerprint density at radius 2 is 1.88 bits per heavy atom. The van der Waals surface area contributed by atoms with Crippen molar-refractivity contribution in [2.24, 2.45) is 11.8 Å². The van der Waals surface area contributed by atoms with Gasteiger partial charge in [0.2, 0.25) is 11.8 Å². The molecule has 1 N–H and O–H groups in total. The summed E-state index contributed by atoms with van der Waals surface area (Å²) in [4.78, 5) is 45.6. The number of rotatable bonds is 8. The maximum absolute atomic E-state index is 14.5. The maximum atomic E-state index is 14.5. The summed E-state index contributed by atoms with van der Waals surface area (Å²) < 4.78 is 5.75. The summed E-state index contributed by atoms with van der Waals surface area (Å²) in [5.74, 6) is -2.07. The standard InChI is InChI=1S/C29H35N5O5S/c1-28-13-6-9-18-39-27(38)23(28)22-25(36)33(16-7-2-3-8-17-35)24-26(37)32(15-10-14-29(22,24)40-28)19-34-21-12-5-4-11-20(21)30-31-34/h4-6,10-14,22-24,35H,2-3,7-9,15-19H2,1H3/t22-,23+,24?,28-,29-/m0/s1. The monoisotopic (exact) mass is 565 g/mol. The van der Waals surface area contributed by atoms with Crippen LogP contribution in [0.15, 0.2) is 48.6 Å². The molecular formula is C29H35N5O5S. The van der Waals surface area contributed by atoms with Crippen molar-refractivity contribution in [3.63, 3.8) is 0 Å². The van der Waals surface area contributed by atoms with E-state index >= 15 is 0 Å². The van der Waals surface area contributed by atoms with E-state index in [1.807, 2.05) is 55.5 Å². The third-order valence-electron chi connectivity index (χ3n) is 8.64. The number of carbonyl (C=O) groups excluding carboxylic acids is 3. The number of unbranched alkanes of at least 4 members (excludes halogenated alkanes) is 3. The molecule has 1 unspecified atom stereocenters. The molecule has 2 fully saturated rings. The molecule has 5 atom stereocenters. The summed E-state index contributed by atoms with van der Waals surface area (Å²) in [6.45, 7) is 3.39. The number of fused-ring (bicyclic) bond motifs is 3. The van der Waals surface area contributed by atoms with Crippen LogP contribution in [0, 0.1) is 11.8 Å². The highest BCUT2D eigenvalue weighted by Gasteiger charge is 2.73. The molecule has 2 aromatic rings. The van der Waals surface area contributed by atoms with E-state index in [0.717, 1.165) is 23.9 Å². The number of carbonyl (C=O) groups is 3. The fourth-order valence-electron chi connectivity index (χ4n) is 6.83. The number of nitrogens with zero attached hydrogens (tertiary/aromatic N) is 5. The summed E-state index contributed by atoms with van der Waals surface area (Å²) in [6, 6.07) is 6.86. The van der Waals surface area contributed by atoms with Gasteiger partial charge in [0.25, 0.3) is 0 Å². The summed E-state index contributed by atoms with van der Waals surface area (Å²) in [5.41, 5.74) is 1.58. The van der Waals surface area contributed by atoms with Crippen LogP contribution in [0.4, 0.5) is 0 Å². The quantitative estimate of drug-likeness (QED) is 0.295. The van der Waals surface area contributed by atoms with Crippen LogP contribution in [-0.4, -0.2) is 89.5 Å². The molecule has 0 bridgehead atoms. The molecule has 1 aromatic carbocycles. The van der Waals surface area contributed by atoms with Gasteiger partial charge in [-0.25, -0.2) is 4.68 Å². The Hall–Kier alpha value is -3.18. The lowest BCUT2D eigenvalue weighted by Gasteiger charge is -2.37. The molecule has 6 rings (SSSR count). The molecule has 4 aliphatic heterocycles. The van der Waals surface area contributed by atoms with E-state index in [1.165, 1.54) is 0 Å². The van der Waals surface area contributed by atoms with Gasteiger partial charge in [-0.1, -0.05) is 54.5 Å². The van der Waals surface area contributed by atoms with Crippen LogP contribution in [0.3, 0.4) is 0 Å². The molecule has 1 spiro atoms. The average molecular weight is 566 g/mol. The van der Waals surface area contributed by atoms with Gasteiger partial charge in [0, 0.05) is 24.4 Å². The second-order valence-corrected chi connectivity index (χ2v) is 13.0. The van der Waals surface area contributed by atoms with Crippen molar-refractivity contribution in [1.82, 2.24) is 24.8 Å². The zero-order valence-electron chi connectivity index (χ0n) is 22.6. The highest BCUT2D eigenvalue weighted by atomic mass is 32.2.